The van der Waals surface area contributed by atoms with E-state index >= 15 is 0 Å². The number of rotatable bonds is 3. The van der Waals surface area contributed by atoms with Crippen molar-refractivity contribution in [3.8, 4) is 17.6 Å². The van der Waals surface area contributed by atoms with Crippen molar-refractivity contribution < 1.29 is 13.9 Å². The van der Waals surface area contributed by atoms with Crippen molar-refractivity contribution in [2.24, 2.45) is 0 Å². The molecule has 1 aromatic carbocycles. The van der Waals surface area contributed by atoms with Gasteiger partial charge in [0.15, 0.2) is 0 Å². The molecule has 4 heteroatoms. The van der Waals surface area contributed by atoms with Gasteiger partial charge in [0.2, 0.25) is 0 Å². The molecule has 2 nitrogen and oxygen atoms in total. The lowest BCUT2D eigenvalue weighted by Gasteiger charge is -2.22. The third-order valence-electron chi connectivity index (χ3n) is 2.93. The van der Waals surface area contributed by atoms with Gasteiger partial charge in [-0.15, -0.1) is 11.6 Å². The molecule has 0 spiro atoms. The van der Waals surface area contributed by atoms with Crippen LogP contribution in [0.3, 0.4) is 0 Å². The van der Waals surface area contributed by atoms with Gasteiger partial charge in [0, 0.05) is 12.7 Å². The van der Waals surface area contributed by atoms with E-state index in [9.17, 15) is 4.39 Å². The molecule has 102 valence electrons. The predicted molar refractivity (Wildman–Crippen MR) is 73.1 cm³/mol. The number of halogens is 2. The summed E-state index contributed by atoms with van der Waals surface area (Å²) in [6.07, 6.45) is 3.32. The van der Waals surface area contributed by atoms with Crippen LogP contribution in [0, 0.1) is 17.7 Å². The van der Waals surface area contributed by atoms with Crippen LogP contribution >= 0.6 is 11.6 Å². The first kappa shape index (κ1) is 14.2. The van der Waals surface area contributed by atoms with E-state index in [1.807, 2.05) is 0 Å². The van der Waals surface area contributed by atoms with E-state index in [0.29, 0.717) is 17.9 Å². The maximum Gasteiger partial charge on any atom is 0.137 e. The summed E-state index contributed by atoms with van der Waals surface area (Å²) < 4.78 is 24.5. The van der Waals surface area contributed by atoms with Crippen molar-refractivity contribution in [1.82, 2.24) is 0 Å². The smallest absolute Gasteiger partial charge is 0.137 e. The lowest BCUT2D eigenvalue weighted by Crippen LogP contribution is -2.26. The Balaban J connectivity index is 2.02. The summed E-state index contributed by atoms with van der Waals surface area (Å²) in [5.74, 6) is 5.96. The molecule has 1 aliphatic rings. The van der Waals surface area contributed by atoms with Gasteiger partial charge in [-0.2, -0.15) is 0 Å². The standard InChI is InChI=1S/C15H16ClFO2/c16-8-3-4-12-6-7-13(17)10-15(12)19-11-14-5-1-2-9-18-14/h6-7,10,14H,1-2,5,8-9,11H2. The maximum atomic E-state index is 13.2. The largest absolute Gasteiger partial charge is 0.489 e. The minimum Gasteiger partial charge on any atom is -0.489 e. The van der Waals surface area contributed by atoms with Gasteiger partial charge >= 0.3 is 0 Å². The van der Waals surface area contributed by atoms with Gasteiger partial charge in [0.25, 0.3) is 0 Å². The lowest BCUT2D eigenvalue weighted by molar-refractivity contribution is -0.0111. The molecular formula is C15H16ClFO2. The average Bonchev–Trinajstić information content (AvgIpc) is 2.45. The van der Waals surface area contributed by atoms with E-state index in [1.54, 1.807) is 6.07 Å². The van der Waals surface area contributed by atoms with E-state index in [-0.39, 0.29) is 17.8 Å². The number of alkyl halides is 1. The second-order valence-electron chi connectivity index (χ2n) is 4.38. The van der Waals surface area contributed by atoms with Crippen molar-refractivity contribution in [3.05, 3.63) is 29.6 Å². The lowest BCUT2D eigenvalue weighted by atomic mass is 10.1. The van der Waals surface area contributed by atoms with Gasteiger partial charge in [-0.1, -0.05) is 11.8 Å². The second kappa shape index (κ2) is 7.37. The van der Waals surface area contributed by atoms with Crippen LogP contribution < -0.4 is 4.74 Å². The van der Waals surface area contributed by atoms with Crippen molar-refractivity contribution in [3.63, 3.8) is 0 Å². The van der Waals surface area contributed by atoms with Gasteiger partial charge in [-0.3, -0.25) is 0 Å². The second-order valence-corrected chi connectivity index (χ2v) is 4.64. The fourth-order valence-corrected chi connectivity index (χ4v) is 2.04. The van der Waals surface area contributed by atoms with Crippen LogP contribution in [0.1, 0.15) is 24.8 Å². The van der Waals surface area contributed by atoms with Crippen molar-refractivity contribution in [2.75, 3.05) is 19.1 Å². The van der Waals surface area contributed by atoms with Gasteiger partial charge in [0.05, 0.1) is 17.5 Å². The monoisotopic (exact) mass is 282 g/mol. The first-order valence-corrected chi connectivity index (χ1v) is 6.92. The van der Waals surface area contributed by atoms with Crippen molar-refractivity contribution >= 4 is 11.6 Å². The zero-order valence-corrected chi connectivity index (χ0v) is 11.4. The Labute approximate surface area is 117 Å². The summed E-state index contributed by atoms with van der Waals surface area (Å²) in [4.78, 5) is 0. The van der Waals surface area contributed by atoms with Crippen LogP contribution in [-0.4, -0.2) is 25.2 Å². The molecule has 19 heavy (non-hydrogen) atoms. The highest BCUT2D eigenvalue weighted by Gasteiger charge is 2.15. The average molecular weight is 283 g/mol. The third-order valence-corrected chi connectivity index (χ3v) is 3.07. The van der Waals surface area contributed by atoms with Crippen LogP contribution in [0.2, 0.25) is 0 Å². The fourth-order valence-electron chi connectivity index (χ4n) is 1.97. The SMILES string of the molecule is Fc1ccc(C#CCCl)c(OCC2CCCCO2)c1. The summed E-state index contributed by atoms with van der Waals surface area (Å²) in [5.41, 5.74) is 0.651. The highest BCUT2D eigenvalue weighted by Crippen LogP contribution is 2.21. The first-order chi connectivity index (χ1) is 9.29. The topological polar surface area (TPSA) is 18.5 Å². The van der Waals surface area contributed by atoms with Crippen molar-refractivity contribution in [2.45, 2.75) is 25.4 Å². The van der Waals surface area contributed by atoms with E-state index in [4.69, 9.17) is 21.1 Å². The predicted octanol–water partition coefficient (Wildman–Crippen LogP) is 3.36. The molecule has 1 heterocycles. The molecule has 1 aromatic rings. The van der Waals surface area contributed by atoms with Crippen LogP contribution in [0.15, 0.2) is 18.2 Å². The molecule has 0 amide bonds. The molecule has 0 aliphatic carbocycles. The van der Waals surface area contributed by atoms with Crippen LogP contribution in [0.4, 0.5) is 4.39 Å². The summed E-state index contributed by atoms with van der Waals surface area (Å²) in [6, 6.07) is 4.31. The van der Waals surface area contributed by atoms with Gasteiger partial charge < -0.3 is 9.47 Å². The Hall–Kier alpha value is -1.24. The zero-order chi connectivity index (χ0) is 13.5. The Morgan fingerprint density at radius 3 is 3.05 bits per heavy atom. The Morgan fingerprint density at radius 1 is 1.42 bits per heavy atom. The molecule has 0 aromatic heterocycles. The van der Waals surface area contributed by atoms with Crippen LogP contribution in [0.25, 0.3) is 0 Å². The highest BCUT2D eigenvalue weighted by atomic mass is 35.5. The van der Waals surface area contributed by atoms with Gasteiger partial charge in [-0.25, -0.2) is 4.39 Å². The number of hydrogen-bond donors (Lipinski definition) is 0. The minimum absolute atomic E-state index is 0.0888. The molecule has 2 rings (SSSR count). The molecular weight excluding hydrogens is 267 g/mol. The third kappa shape index (κ3) is 4.41. The quantitative estimate of drug-likeness (QED) is 0.625. The summed E-state index contributed by atoms with van der Waals surface area (Å²) in [7, 11) is 0. The molecule has 1 unspecified atom stereocenters. The molecule has 1 atom stereocenters. The van der Waals surface area contributed by atoms with Crippen molar-refractivity contribution in [1.29, 1.82) is 0 Å². The highest BCUT2D eigenvalue weighted by molar-refractivity contribution is 6.19. The van der Waals surface area contributed by atoms with E-state index < -0.39 is 0 Å². The molecule has 1 fully saturated rings. The summed E-state index contributed by atoms with van der Waals surface area (Å²) >= 11 is 5.53. The van der Waals surface area contributed by atoms with Crippen LogP contribution in [0.5, 0.6) is 5.75 Å². The van der Waals surface area contributed by atoms with E-state index in [2.05, 4.69) is 11.8 Å². The minimum atomic E-state index is -0.337. The molecule has 1 saturated heterocycles. The number of benzene rings is 1. The van der Waals surface area contributed by atoms with E-state index in [1.165, 1.54) is 12.1 Å². The molecule has 1 aliphatic heterocycles. The molecule has 0 N–H and O–H groups in total. The first-order valence-electron chi connectivity index (χ1n) is 6.38. The molecule has 0 saturated carbocycles. The van der Waals surface area contributed by atoms with Gasteiger partial charge in [-0.05, 0) is 31.4 Å². The van der Waals surface area contributed by atoms with Crippen LogP contribution in [-0.2, 0) is 4.74 Å². The summed E-state index contributed by atoms with van der Waals surface area (Å²) in [6.45, 7) is 1.20. The Morgan fingerprint density at radius 2 is 2.32 bits per heavy atom. The summed E-state index contributed by atoms with van der Waals surface area (Å²) in [5, 5.41) is 0. The normalized spacial score (nSPS) is 18.5. The Kier molecular flexibility index (Phi) is 5.50. The number of ether oxygens (including phenoxy) is 2. The maximum absolute atomic E-state index is 13.2. The zero-order valence-electron chi connectivity index (χ0n) is 10.6. The Bertz CT molecular complexity index is 473. The number of hydrogen-bond acceptors (Lipinski definition) is 2. The fraction of sp³-hybridized carbons (Fsp3) is 0.467. The molecule has 0 bridgehead atoms. The molecule has 0 radical (unpaired) electrons. The van der Waals surface area contributed by atoms with E-state index in [0.717, 1.165) is 25.9 Å². The van der Waals surface area contributed by atoms with Gasteiger partial charge in [0.1, 0.15) is 18.2 Å².